The van der Waals surface area contributed by atoms with Crippen LogP contribution in [0.25, 0.3) is 0 Å². The number of hydrogen-bond donors (Lipinski definition) is 1. The van der Waals surface area contributed by atoms with E-state index in [0.29, 0.717) is 11.6 Å². The van der Waals surface area contributed by atoms with Crippen molar-refractivity contribution in [1.29, 1.82) is 0 Å². The van der Waals surface area contributed by atoms with Gasteiger partial charge in [0.15, 0.2) is 0 Å². The third-order valence-corrected chi connectivity index (χ3v) is 4.26. The first-order valence-corrected chi connectivity index (χ1v) is 8.15. The zero-order chi connectivity index (χ0) is 15.4. The van der Waals surface area contributed by atoms with Crippen LogP contribution in [0.5, 0.6) is 5.88 Å². The van der Waals surface area contributed by atoms with Gasteiger partial charge in [0, 0.05) is 13.1 Å². The van der Waals surface area contributed by atoms with E-state index in [-0.39, 0.29) is 6.10 Å². The van der Waals surface area contributed by atoms with E-state index in [1.807, 2.05) is 26.0 Å². The number of nitrogens with zero attached hydrogens (tertiary/aromatic N) is 2. The van der Waals surface area contributed by atoms with Crippen LogP contribution in [0.15, 0.2) is 12.1 Å². The van der Waals surface area contributed by atoms with Crippen molar-refractivity contribution in [3.63, 3.8) is 0 Å². The molecular formula is C17H29N3O. The number of rotatable bonds is 4. The largest absolute Gasteiger partial charge is 0.473 e. The molecule has 1 aromatic rings. The smallest absolute Gasteiger partial charge is 0.239 e. The first-order valence-electron chi connectivity index (χ1n) is 8.15. The molecular weight excluding hydrogens is 262 g/mol. The number of pyridine rings is 1. The van der Waals surface area contributed by atoms with Crippen LogP contribution in [0.1, 0.15) is 47.0 Å². The molecule has 0 saturated carbocycles. The van der Waals surface area contributed by atoms with E-state index in [4.69, 9.17) is 10.5 Å². The SMILES string of the molecule is CC(C)Oc1nc(N2CCCC(C(C)C)CC2)ccc1N. The molecule has 4 heteroatoms. The Kier molecular flexibility index (Phi) is 5.32. The summed E-state index contributed by atoms with van der Waals surface area (Å²) in [7, 11) is 0. The van der Waals surface area contributed by atoms with Gasteiger partial charge in [0.1, 0.15) is 5.82 Å². The second-order valence-electron chi connectivity index (χ2n) is 6.65. The molecule has 1 atom stereocenters. The summed E-state index contributed by atoms with van der Waals surface area (Å²) in [6.07, 6.45) is 3.88. The summed E-state index contributed by atoms with van der Waals surface area (Å²) in [5.74, 6) is 3.15. The Labute approximate surface area is 128 Å². The molecule has 1 fully saturated rings. The Morgan fingerprint density at radius 1 is 1.19 bits per heavy atom. The van der Waals surface area contributed by atoms with Gasteiger partial charge in [-0.15, -0.1) is 0 Å². The fourth-order valence-electron chi connectivity index (χ4n) is 2.95. The molecule has 0 aromatic carbocycles. The van der Waals surface area contributed by atoms with Gasteiger partial charge in [0.25, 0.3) is 0 Å². The van der Waals surface area contributed by atoms with Gasteiger partial charge in [-0.1, -0.05) is 13.8 Å². The van der Waals surface area contributed by atoms with Crippen LogP contribution < -0.4 is 15.4 Å². The molecule has 1 aromatic heterocycles. The minimum atomic E-state index is 0.0875. The van der Waals surface area contributed by atoms with Crippen molar-refractivity contribution in [2.75, 3.05) is 23.7 Å². The molecule has 118 valence electrons. The highest BCUT2D eigenvalue weighted by Gasteiger charge is 2.21. The average molecular weight is 291 g/mol. The lowest BCUT2D eigenvalue weighted by atomic mass is 9.89. The molecule has 0 bridgehead atoms. The molecule has 0 amide bonds. The van der Waals surface area contributed by atoms with Gasteiger partial charge in [0.2, 0.25) is 5.88 Å². The van der Waals surface area contributed by atoms with Crippen molar-refractivity contribution in [3.05, 3.63) is 12.1 Å². The Morgan fingerprint density at radius 3 is 2.62 bits per heavy atom. The number of anilines is 2. The van der Waals surface area contributed by atoms with Crippen molar-refractivity contribution < 1.29 is 4.74 Å². The summed E-state index contributed by atoms with van der Waals surface area (Å²) in [6, 6.07) is 3.92. The maximum Gasteiger partial charge on any atom is 0.239 e. The molecule has 1 unspecified atom stereocenters. The van der Waals surface area contributed by atoms with E-state index in [0.717, 1.165) is 30.7 Å². The number of hydrogen-bond acceptors (Lipinski definition) is 4. The highest BCUT2D eigenvalue weighted by atomic mass is 16.5. The molecule has 0 radical (unpaired) electrons. The summed E-state index contributed by atoms with van der Waals surface area (Å²) in [5, 5.41) is 0. The lowest BCUT2D eigenvalue weighted by Gasteiger charge is -2.23. The molecule has 1 aliphatic heterocycles. The predicted octanol–water partition coefficient (Wildman–Crippen LogP) is 3.71. The molecule has 2 N–H and O–H groups in total. The van der Waals surface area contributed by atoms with E-state index in [1.165, 1.54) is 19.3 Å². The van der Waals surface area contributed by atoms with Crippen LogP contribution in [0, 0.1) is 11.8 Å². The summed E-state index contributed by atoms with van der Waals surface area (Å²) >= 11 is 0. The van der Waals surface area contributed by atoms with Gasteiger partial charge in [-0.3, -0.25) is 0 Å². The van der Waals surface area contributed by atoms with Crippen LogP contribution in [0.3, 0.4) is 0 Å². The fraction of sp³-hybridized carbons (Fsp3) is 0.706. The lowest BCUT2D eigenvalue weighted by Crippen LogP contribution is -2.26. The normalized spacial score (nSPS) is 19.9. The van der Waals surface area contributed by atoms with Crippen molar-refractivity contribution in [2.24, 2.45) is 11.8 Å². The minimum absolute atomic E-state index is 0.0875. The maximum atomic E-state index is 5.95. The highest BCUT2D eigenvalue weighted by Crippen LogP contribution is 2.29. The Balaban J connectivity index is 2.10. The van der Waals surface area contributed by atoms with Crippen molar-refractivity contribution >= 4 is 11.5 Å². The second-order valence-corrected chi connectivity index (χ2v) is 6.65. The van der Waals surface area contributed by atoms with Gasteiger partial charge in [-0.25, -0.2) is 0 Å². The summed E-state index contributed by atoms with van der Waals surface area (Å²) < 4.78 is 5.70. The fourth-order valence-corrected chi connectivity index (χ4v) is 2.95. The Bertz CT molecular complexity index is 459. The molecule has 2 heterocycles. The molecule has 1 aliphatic rings. The summed E-state index contributed by atoms with van der Waals surface area (Å²) in [4.78, 5) is 7.00. The Morgan fingerprint density at radius 2 is 1.95 bits per heavy atom. The lowest BCUT2D eigenvalue weighted by molar-refractivity contribution is 0.234. The average Bonchev–Trinajstić information content (AvgIpc) is 2.66. The second kappa shape index (κ2) is 7.01. The number of nitrogens with two attached hydrogens (primary N) is 1. The Hall–Kier alpha value is -1.45. The first-order chi connectivity index (χ1) is 9.97. The monoisotopic (exact) mass is 291 g/mol. The van der Waals surface area contributed by atoms with Gasteiger partial charge < -0.3 is 15.4 Å². The molecule has 21 heavy (non-hydrogen) atoms. The molecule has 1 saturated heterocycles. The van der Waals surface area contributed by atoms with Crippen molar-refractivity contribution in [1.82, 2.24) is 4.98 Å². The van der Waals surface area contributed by atoms with Crippen molar-refractivity contribution in [3.8, 4) is 5.88 Å². The van der Waals surface area contributed by atoms with E-state index in [9.17, 15) is 0 Å². The number of aromatic nitrogens is 1. The number of nitrogen functional groups attached to an aromatic ring is 1. The number of ether oxygens (including phenoxy) is 1. The van der Waals surface area contributed by atoms with Crippen LogP contribution in [0.4, 0.5) is 11.5 Å². The van der Waals surface area contributed by atoms with Crippen LogP contribution in [-0.2, 0) is 0 Å². The molecule has 4 nitrogen and oxygen atoms in total. The predicted molar refractivity (Wildman–Crippen MR) is 88.8 cm³/mol. The summed E-state index contributed by atoms with van der Waals surface area (Å²) in [5.41, 5.74) is 6.57. The van der Waals surface area contributed by atoms with Gasteiger partial charge in [0.05, 0.1) is 11.8 Å². The van der Waals surface area contributed by atoms with Crippen molar-refractivity contribution in [2.45, 2.75) is 53.1 Å². The first kappa shape index (κ1) is 15.9. The molecule has 0 spiro atoms. The highest BCUT2D eigenvalue weighted by molar-refractivity contribution is 5.54. The van der Waals surface area contributed by atoms with Crippen LogP contribution >= 0.6 is 0 Å². The van der Waals surface area contributed by atoms with Crippen LogP contribution in [-0.4, -0.2) is 24.2 Å². The molecule has 0 aliphatic carbocycles. The van der Waals surface area contributed by atoms with E-state index in [1.54, 1.807) is 0 Å². The van der Waals surface area contributed by atoms with Gasteiger partial charge >= 0.3 is 0 Å². The van der Waals surface area contributed by atoms with E-state index in [2.05, 4.69) is 23.7 Å². The van der Waals surface area contributed by atoms with Gasteiger partial charge in [-0.05, 0) is 57.1 Å². The molecule has 2 rings (SSSR count). The topological polar surface area (TPSA) is 51.4 Å². The van der Waals surface area contributed by atoms with Crippen LogP contribution in [0.2, 0.25) is 0 Å². The standard InChI is InChI=1S/C17H29N3O/c1-12(2)14-6-5-10-20(11-9-14)16-8-7-15(18)17(19-16)21-13(3)4/h7-8,12-14H,5-6,9-11,18H2,1-4H3. The summed E-state index contributed by atoms with van der Waals surface area (Å²) in [6.45, 7) is 10.8. The third-order valence-electron chi connectivity index (χ3n) is 4.26. The van der Waals surface area contributed by atoms with E-state index >= 15 is 0 Å². The zero-order valence-corrected chi connectivity index (χ0v) is 13.8. The van der Waals surface area contributed by atoms with E-state index < -0.39 is 0 Å². The maximum absolute atomic E-state index is 5.95. The quantitative estimate of drug-likeness (QED) is 0.918. The zero-order valence-electron chi connectivity index (χ0n) is 13.8. The van der Waals surface area contributed by atoms with Gasteiger partial charge in [-0.2, -0.15) is 4.98 Å². The third kappa shape index (κ3) is 4.26. The minimum Gasteiger partial charge on any atom is -0.473 e.